The lowest BCUT2D eigenvalue weighted by Gasteiger charge is -2.20. The SMILES string of the molecule is CCCCCCCCC/C=C/C/C=C/C/C=C/C/C=C/CCCC(=O)OC[C@H](COP(=O)(O)OC[C@H](N)C(=O)O)OC(=O)CCCCCCCCCCCCCCCCCCCCCCC. The molecule has 0 aromatic heterocycles. The van der Waals surface area contributed by atoms with Gasteiger partial charge in [-0.1, -0.05) is 229 Å². The molecule has 1 unspecified atom stereocenters. The molecule has 3 atom stereocenters. The van der Waals surface area contributed by atoms with Crippen LogP contribution in [0.2, 0.25) is 0 Å². The minimum absolute atomic E-state index is 0.147. The molecule has 0 aliphatic rings. The average Bonchev–Trinajstić information content (AvgIpc) is 3.30. The molecular formula is C54H98NO10P. The van der Waals surface area contributed by atoms with Crippen molar-refractivity contribution in [3.63, 3.8) is 0 Å². The molecule has 0 saturated heterocycles. The van der Waals surface area contributed by atoms with Crippen LogP contribution in [-0.2, 0) is 37.5 Å². The van der Waals surface area contributed by atoms with Gasteiger partial charge in [0.1, 0.15) is 12.6 Å². The normalized spacial score (nSPS) is 13.9. The highest BCUT2D eigenvalue weighted by atomic mass is 31.2. The van der Waals surface area contributed by atoms with E-state index in [4.69, 9.17) is 24.8 Å². The Morgan fingerprint density at radius 2 is 0.818 bits per heavy atom. The fourth-order valence-electron chi connectivity index (χ4n) is 7.41. The van der Waals surface area contributed by atoms with Gasteiger partial charge in [0.2, 0.25) is 0 Å². The van der Waals surface area contributed by atoms with E-state index in [0.717, 1.165) is 38.5 Å². The first-order valence-electron chi connectivity index (χ1n) is 26.7. The van der Waals surface area contributed by atoms with Gasteiger partial charge in [-0.2, -0.15) is 0 Å². The number of phosphoric ester groups is 1. The lowest BCUT2D eigenvalue weighted by molar-refractivity contribution is -0.161. The van der Waals surface area contributed by atoms with Crippen LogP contribution in [0, 0.1) is 0 Å². The number of rotatable bonds is 50. The Morgan fingerprint density at radius 1 is 0.470 bits per heavy atom. The Hall–Kier alpha value is -2.56. The van der Waals surface area contributed by atoms with Crippen LogP contribution in [0.5, 0.6) is 0 Å². The molecule has 4 N–H and O–H groups in total. The van der Waals surface area contributed by atoms with Gasteiger partial charge in [-0.3, -0.25) is 23.4 Å². The summed E-state index contributed by atoms with van der Waals surface area (Å²) in [6, 6.07) is -1.53. The second kappa shape index (κ2) is 48.9. The van der Waals surface area contributed by atoms with Gasteiger partial charge in [-0.15, -0.1) is 0 Å². The smallest absolute Gasteiger partial charge is 0.472 e. The molecule has 66 heavy (non-hydrogen) atoms. The zero-order chi connectivity index (χ0) is 48.4. The van der Waals surface area contributed by atoms with Gasteiger partial charge in [0.05, 0.1) is 13.2 Å². The molecule has 0 heterocycles. The molecule has 0 fully saturated rings. The maximum absolute atomic E-state index is 12.7. The molecule has 0 amide bonds. The van der Waals surface area contributed by atoms with E-state index >= 15 is 0 Å². The van der Waals surface area contributed by atoms with Crippen LogP contribution in [0.1, 0.15) is 245 Å². The second-order valence-electron chi connectivity index (χ2n) is 18.0. The summed E-state index contributed by atoms with van der Waals surface area (Å²) in [7, 11) is -4.73. The van der Waals surface area contributed by atoms with Crippen molar-refractivity contribution in [1.82, 2.24) is 0 Å². The van der Waals surface area contributed by atoms with Crippen molar-refractivity contribution >= 4 is 25.7 Å². The summed E-state index contributed by atoms with van der Waals surface area (Å²) in [4.78, 5) is 46.2. The van der Waals surface area contributed by atoms with Crippen LogP contribution in [0.3, 0.4) is 0 Å². The Kier molecular flexibility index (Phi) is 47.0. The maximum atomic E-state index is 12.7. The highest BCUT2D eigenvalue weighted by Crippen LogP contribution is 2.43. The number of phosphoric acid groups is 1. The van der Waals surface area contributed by atoms with Crippen LogP contribution in [0.15, 0.2) is 48.6 Å². The number of hydrogen-bond donors (Lipinski definition) is 3. The first-order chi connectivity index (χ1) is 32.1. The van der Waals surface area contributed by atoms with Crippen molar-refractivity contribution in [2.45, 2.75) is 257 Å². The molecule has 0 spiro atoms. The van der Waals surface area contributed by atoms with Crippen molar-refractivity contribution in [3.8, 4) is 0 Å². The molecule has 0 radical (unpaired) electrons. The van der Waals surface area contributed by atoms with E-state index in [0.29, 0.717) is 19.3 Å². The topological polar surface area (TPSA) is 172 Å². The number of carbonyl (C=O) groups is 3. The number of ether oxygens (including phenoxy) is 2. The summed E-state index contributed by atoms with van der Waals surface area (Å²) in [5, 5.41) is 8.93. The number of allylic oxidation sites excluding steroid dienone is 8. The van der Waals surface area contributed by atoms with Gasteiger partial charge in [-0.25, -0.2) is 4.57 Å². The van der Waals surface area contributed by atoms with Gasteiger partial charge in [0, 0.05) is 12.8 Å². The Morgan fingerprint density at radius 3 is 1.24 bits per heavy atom. The molecule has 0 aliphatic carbocycles. The van der Waals surface area contributed by atoms with E-state index in [1.54, 1.807) is 0 Å². The van der Waals surface area contributed by atoms with Crippen LogP contribution in [0.25, 0.3) is 0 Å². The Labute approximate surface area is 403 Å². The third kappa shape index (κ3) is 47.9. The fourth-order valence-corrected chi connectivity index (χ4v) is 8.19. The zero-order valence-corrected chi connectivity index (χ0v) is 42.9. The predicted octanol–water partition coefficient (Wildman–Crippen LogP) is 15.3. The van der Waals surface area contributed by atoms with Crippen molar-refractivity contribution in [3.05, 3.63) is 48.6 Å². The second-order valence-corrected chi connectivity index (χ2v) is 19.5. The van der Waals surface area contributed by atoms with Crippen molar-refractivity contribution in [2.75, 3.05) is 19.8 Å². The highest BCUT2D eigenvalue weighted by molar-refractivity contribution is 7.47. The van der Waals surface area contributed by atoms with Gasteiger partial charge in [0.25, 0.3) is 0 Å². The number of hydrogen-bond acceptors (Lipinski definition) is 9. The number of carbonyl (C=O) groups excluding carboxylic acids is 2. The number of nitrogens with two attached hydrogens (primary N) is 1. The molecule has 384 valence electrons. The molecule has 0 rings (SSSR count). The summed E-state index contributed by atoms with van der Waals surface area (Å²) in [5.74, 6) is -2.44. The van der Waals surface area contributed by atoms with E-state index in [-0.39, 0.29) is 19.4 Å². The summed E-state index contributed by atoms with van der Waals surface area (Å²) in [5.41, 5.74) is 5.35. The summed E-state index contributed by atoms with van der Waals surface area (Å²) >= 11 is 0. The third-order valence-corrected chi connectivity index (χ3v) is 12.5. The minimum atomic E-state index is -4.73. The molecule has 0 saturated carbocycles. The Bertz CT molecular complexity index is 1300. The van der Waals surface area contributed by atoms with Crippen LogP contribution >= 0.6 is 7.82 Å². The lowest BCUT2D eigenvalue weighted by atomic mass is 10.0. The van der Waals surface area contributed by atoms with Crippen LogP contribution in [-0.4, -0.2) is 59.9 Å². The van der Waals surface area contributed by atoms with E-state index in [9.17, 15) is 23.8 Å². The third-order valence-electron chi connectivity index (χ3n) is 11.6. The number of unbranched alkanes of at least 4 members (excludes halogenated alkanes) is 28. The van der Waals surface area contributed by atoms with Gasteiger partial charge in [-0.05, 0) is 51.4 Å². The molecule has 0 aromatic carbocycles. The van der Waals surface area contributed by atoms with Gasteiger partial charge in [0.15, 0.2) is 6.10 Å². The first-order valence-corrected chi connectivity index (χ1v) is 28.2. The predicted molar refractivity (Wildman–Crippen MR) is 272 cm³/mol. The van der Waals surface area contributed by atoms with E-state index < -0.39 is 51.1 Å². The lowest BCUT2D eigenvalue weighted by Crippen LogP contribution is -2.34. The standard InChI is InChI=1S/C54H98NO10P/c1-3-5-7-9-11-13-15-17-19-21-23-25-27-29-31-33-35-37-39-41-43-45-52(56)62-47-50(48-63-66(60,61)64-49-51(55)54(58)59)65-53(57)46-44-42-40-38-36-34-32-30-28-26-24-22-20-18-16-14-12-10-8-6-4-2/h19,21,25,27,31,33,37,39,50-51H,3-18,20,22-24,26,28-30,32,34-36,38,40-49,55H2,1-2H3,(H,58,59)(H,60,61)/b21-19+,27-25+,33-31+,39-37+/t50-,51+/m1/s1. The van der Waals surface area contributed by atoms with Crippen molar-refractivity contribution < 1.29 is 47.5 Å². The number of aliphatic carboxylic acids is 1. The van der Waals surface area contributed by atoms with E-state index in [2.05, 4.69) is 60.9 Å². The van der Waals surface area contributed by atoms with E-state index in [1.165, 1.54) is 161 Å². The number of esters is 2. The van der Waals surface area contributed by atoms with Crippen LogP contribution < -0.4 is 5.73 Å². The minimum Gasteiger partial charge on any atom is -0.480 e. The average molecular weight is 952 g/mol. The highest BCUT2D eigenvalue weighted by Gasteiger charge is 2.28. The monoisotopic (exact) mass is 952 g/mol. The molecular weight excluding hydrogens is 854 g/mol. The molecule has 0 aliphatic heterocycles. The van der Waals surface area contributed by atoms with E-state index in [1.807, 2.05) is 6.08 Å². The quantitative estimate of drug-likeness (QED) is 0.0229. The van der Waals surface area contributed by atoms with Gasteiger partial charge < -0.3 is 25.2 Å². The Balaban J connectivity index is 4.30. The number of carboxylic acid groups (broad SMARTS) is 1. The van der Waals surface area contributed by atoms with Crippen molar-refractivity contribution in [1.29, 1.82) is 0 Å². The molecule has 11 nitrogen and oxygen atoms in total. The first kappa shape index (κ1) is 63.4. The van der Waals surface area contributed by atoms with Crippen LogP contribution in [0.4, 0.5) is 0 Å². The summed E-state index contributed by atoms with van der Waals surface area (Å²) in [6.45, 7) is 2.79. The molecule has 0 aromatic rings. The molecule has 12 heteroatoms. The number of carboxylic acids is 1. The fraction of sp³-hybridized carbons (Fsp3) is 0.796. The maximum Gasteiger partial charge on any atom is 0.472 e. The largest absolute Gasteiger partial charge is 0.480 e. The summed E-state index contributed by atoms with van der Waals surface area (Å²) in [6.07, 6.45) is 57.6. The van der Waals surface area contributed by atoms with Crippen molar-refractivity contribution in [2.24, 2.45) is 5.73 Å². The zero-order valence-electron chi connectivity index (χ0n) is 42.0. The summed E-state index contributed by atoms with van der Waals surface area (Å²) < 4.78 is 32.8. The molecule has 0 bridgehead atoms. The van der Waals surface area contributed by atoms with Gasteiger partial charge >= 0.3 is 25.7 Å².